The van der Waals surface area contributed by atoms with E-state index in [2.05, 4.69) is 85.7 Å². The maximum atomic E-state index is 7.03. The van der Waals surface area contributed by atoms with Crippen LogP contribution in [0.15, 0.2) is 30.3 Å². The van der Waals surface area contributed by atoms with E-state index in [9.17, 15) is 0 Å². The molecule has 1 heterocycles. The van der Waals surface area contributed by atoms with Gasteiger partial charge in [-0.15, -0.1) is 0 Å². The molecule has 1 fully saturated rings. The summed E-state index contributed by atoms with van der Waals surface area (Å²) >= 11 is 0. The molecule has 2 rings (SSSR count). The quantitative estimate of drug-likeness (QED) is 0.551. The topological polar surface area (TPSA) is 9.23 Å². The van der Waals surface area contributed by atoms with E-state index >= 15 is 0 Å². The Hall–Kier alpha value is -0.603. The molecule has 1 aromatic rings. The molecule has 1 aliphatic rings. The van der Waals surface area contributed by atoms with E-state index in [1.807, 2.05) is 0 Å². The number of benzene rings is 1. The minimum atomic E-state index is -1.95. The van der Waals surface area contributed by atoms with E-state index in [0.717, 1.165) is 0 Å². The van der Waals surface area contributed by atoms with Gasteiger partial charge in [0.25, 0.3) is 0 Å². The fourth-order valence-corrected chi connectivity index (χ4v) is 12.5. The van der Waals surface area contributed by atoms with Crippen molar-refractivity contribution in [2.75, 3.05) is 0 Å². The molecule has 0 N–H and O–H groups in total. The van der Waals surface area contributed by atoms with Crippen LogP contribution in [0.2, 0.25) is 15.6 Å². The lowest BCUT2D eigenvalue weighted by atomic mass is 9.95. The molecule has 1 nitrogen and oxygen atoms in total. The molecule has 0 spiro atoms. The fraction of sp³-hybridized carbons (Fsp3) is 0.684. The molecular formula is C19H32OSi. The second-order valence-electron chi connectivity index (χ2n) is 8.83. The lowest BCUT2D eigenvalue weighted by molar-refractivity contribution is 0.168. The van der Waals surface area contributed by atoms with Crippen LogP contribution in [0, 0.1) is 5.92 Å². The third-order valence-electron chi connectivity index (χ3n) is 5.58. The van der Waals surface area contributed by atoms with Crippen LogP contribution in [0.3, 0.4) is 0 Å². The molecule has 21 heavy (non-hydrogen) atoms. The van der Waals surface area contributed by atoms with Crippen LogP contribution >= 0.6 is 0 Å². The third kappa shape index (κ3) is 2.51. The Balaban J connectivity index is 2.51. The van der Waals surface area contributed by atoms with Crippen molar-refractivity contribution in [3.05, 3.63) is 35.9 Å². The molecule has 0 aliphatic carbocycles. The molecule has 0 unspecified atom stereocenters. The van der Waals surface area contributed by atoms with Gasteiger partial charge < -0.3 is 4.43 Å². The SMILES string of the molecule is C[C@@H]1[C@@H](c2ccccc2)O[Si](C(C)(C)C)(C(C)(C)C)[C@@H]1C. The molecule has 0 radical (unpaired) electrons. The minimum absolute atomic E-state index is 0.239. The molecule has 2 heteroatoms. The Kier molecular flexibility index (Phi) is 4.18. The van der Waals surface area contributed by atoms with Crippen LogP contribution in [0.5, 0.6) is 0 Å². The second kappa shape index (κ2) is 5.24. The van der Waals surface area contributed by atoms with E-state index in [1.54, 1.807) is 0 Å². The average molecular weight is 305 g/mol. The zero-order valence-electron chi connectivity index (χ0n) is 15.0. The first kappa shape index (κ1) is 16.8. The molecule has 1 saturated heterocycles. The van der Waals surface area contributed by atoms with Gasteiger partial charge >= 0.3 is 0 Å². The zero-order chi connectivity index (χ0) is 16.1. The zero-order valence-corrected chi connectivity index (χ0v) is 16.0. The largest absolute Gasteiger partial charge is 0.408 e. The Labute approximate surface area is 132 Å². The highest BCUT2D eigenvalue weighted by molar-refractivity contribution is 6.81. The summed E-state index contributed by atoms with van der Waals surface area (Å²) in [4.78, 5) is 0. The molecule has 0 bridgehead atoms. The first-order chi connectivity index (χ1) is 9.52. The van der Waals surface area contributed by atoms with Crippen LogP contribution in [-0.4, -0.2) is 8.32 Å². The summed E-state index contributed by atoms with van der Waals surface area (Å²) in [6, 6.07) is 10.8. The molecule has 118 valence electrons. The first-order valence-electron chi connectivity index (χ1n) is 8.25. The monoisotopic (exact) mass is 304 g/mol. The molecule has 0 saturated carbocycles. The standard InChI is InChI=1S/C19H32OSi/c1-14-15(2)21(18(3,4)5,19(6,7)8)20-17(14)16-12-10-9-11-13-16/h9-15,17H,1-8H3/t14-,15+,17-/m0/s1. The highest BCUT2D eigenvalue weighted by Gasteiger charge is 2.65. The summed E-state index contributed by atoms with van der Waals surface area (Å²) in [7, 11) is -1.95. The van der Waals surface area contributed by atoms with Crippen LogP contribution in [0.4, 0.5) is 0 Å². The van der Waals surface area contributed by atoms with E-state index in [0.29, 0.717) is 11.5 Å². The third-order valence-corrected chi connectivity index (χ3v) is 12.5. The minimum Gasteiger partial charge on any atom is -0.408 e. The summed E-state index contributed by atoms with van der Waals surface area (Å²) in [5.74, 6) is 0.581. The molecular weight excluding hydrogens is 272 g/mol. The van der Waals surface area contributed by atoms with Gasteiger partial charge in [-0.2, -0.15) is 0 Å². The maximum Gasteiger partial charge on any atom is 0.207 e. The molecule has 0 aromatic heterocycles. The molecule has 3 atom stereocenters. The van der Waals surface area contributed by atoms with Crippen molar-refractivity contribution in [2.24, 2.45) is 5.92 Å². The maximum absolute atomic E-state index is 7.03. The fourth-order valence-electron chi connectivity index (χ4n) is 4.91. The van der Waals surface area contributed by atoms with Gasteiger partial charge in [0.1, 0.15) is 0 Å². The summed E-state index contributed by atoms with van der Waals surface area (Å²) in [5, 5.41) is 0.477. The van der Waals surface area contributed by atoms with Crippen LogP contribution in [0.1, 0.15) is 67.1 Å². The first-order valence-corrected chi connectivity index (χ1v) is 10.2. The molecule has 1 aliphatic heterocycles. The summed E-state index contributed by atoms with van der Waals surface area (Å²) in [5.41, 5.74) is 2.00. The van der Waals surface area contributed by atoms with Crippen molar-refractivity contribution < 1.29 is 4.43 Å². The molecule has 0 amide bonds. The highest BCUT2D eigenvalue weighted by atomic mass is 28.4. The van der Waals surface area contributed by atoms with Crippen LogP contribution in [-0.2, 0) is 4.43 Å². The van der Waals surface area contributed by atoms with Gasteiger partial charge in [-0.1, -0.05) is 85.7 Å². The van der Waals surface area contributed by atoms with Gasteiger partial charge in [0.15, 0.2) is 0 Å². The van der Waals surface area contributed by atoms with E-state index in [1.165, 1.54) is 5.56 Å². The van der Waals surface area contributed by atoms with Crippen molar-refractivity contribution in [1.82, 2.24) is 0 Å². The Morgan fingerprint density at radius 1 is 0.857 bits per heavy atom. The van der Waals surface area contributed by atoms with Crippen molar-refractivity contribution >= 4 is 8.32 Å². The summed E-state index contributed by atoms with van der Waals surface area (Å²) in [6.07, 6.45) is 0.256. The van der Waals surface area contributed by atoms with Gasteiger partial charge in [-0.25, -0.2) is 0 Å². The van der Waals surface area contributed by atoms with Gasteiger partial charge in [-0.05, 0) is 27.1 Å². The van der Waals surface area contributed by atoms with Crippen molar-refractivity contribution in [2.45, 2.75) is 77.1 Å². The summed E-state index contributed by atoms with van der Waals surface area (Å²) in [6.45, 7) is 19.2. The molecule has 1 aromatic carbocycles. The van der Waals surface area contributed by atoms with E-state index < -0.39 is 8.32 Å². The van der Waals surface area contributed by atoms with E-state index in [-0.39, 0.29) is 16.2 Å². The van der Waals surface area contributed by atoms with Crippen molar-refractivity contribution in [3.8, 4) is 0 Å². The smallest absolute Gasteiger partial charge is 0.207 e. The average Bonchev–Trinajstić information content (AvgIpc) is 2.64. The number of rotatable bonds is 1. The Morgan fingerprint density at radius 2 is 1.33 bits per heavy atom. The van der Waals surface area contributed by atoms with Gasteiger partial charge in [0.05, 0.1) is 6.10 Å². The van der Waals surface area contributed by atoms with Crippen LogP contribution in [0.25, 0.3) is 0 Å². The van der Waals surface area contributed by atoms with Gasteiger partial charge in [0.2, 0.25) is 8.32 Å². The second-order valence-corrected chi connectivity index (χ2v) is 14.5. The lowest BCUT2D eigenvalue weighted by Crippen LogP contribution is -2.54. The van der Waals surface area contributed by atoms with E-state index in [4.69, 9.17) is 4.43 Å². The Bertz CT molecular complexity index is 467. The van der Waals surface area contributed by atoms with Crippen LogP contribution < -0.4 is 0 Å². The normalized spacial score (nSPS) is 29.6. The predicted molar refractivity (Wildman–Crippen MR) is 94.0 cm³/mol. The number of hydrogen-bond donors (Lipinski definition) is 0. The van der Waals surface area contributed by atoms with Crippen molar-refractivity contribution in [1.29, 1.82) is 0 Å². The Morgan fingerprint density at radius 3 is 1.71 bits per heavy atom. The van der Waals surface area contributed by atoms with Gasteiger partial charge in [0, 0.05) is 0 Å². The highest BCUT2D eigenvalue weighted by Crippen LogP contribution is 2.66. The number of hydrogen-bond acceptors (Lipinski definition) is 1. The van der Waals surface area contributed by atoms with Gasteiger partial charge in [-0.3, -0.25) is 0 Å². The lowest BCUT2D eigenvalue weighted by Gasteiger charge is -2.51. The van der Waals surface area contributed by atoms with Crippen molar-refractivity contribution in [3.63, 3.8) is 0 Å². The predicted octanol–water partition coefficient (Wildman–Crippen LogP) is 6.33. The summed E-state index contributed by atoms with van der Waals surface area (Å²) < 4.78 is 7.03.